The van der Waals surface area contributed by atoms with Crippen LogP contribution in [0.4, 0.5) is 0 Å². The lowest BCUT2D eigenvalue weighted by atomic mass is 10.4. The van der Waals surface area contributed by atoms with E-state index in [1.807, 2.05) is 30.3 Å². The van der Waals surface area contributed by atoms with Gasteiger partial charge in [0.1, 0.15) is 0 Å². The third-order valence-electron chi connectivity index (χ3n) is 0.976. The van der Waals surface area contributed by atoms with Gasteiger partial charge in [0.2, 0.25) is 0 Å². The lowest BCUT2D eigenvalue weighted by molar-refractivity contribution is -0.135. The first kappa shape index (κ1) is 13.8. The molecular formula is C8H6Cl4O2. The normalized spacial score (nSPS) is 10.0. The monoisotopic (exact) mass is 274 g/mol. The van der Waals surface area contributed by atoms with Crippen molar-refractivity contribution < 1.29 is 9.90 Å². The molecule has 0 radical (unpaired) electrons. The van der Waals surface area contributed by atoms with Gasteiger partial charge >= 0.3 is 5.97 Å². The van der Waals surface area contributed by atoms with Crippen LogP contribution in [0.5, 0.6) is 0 Å². The second-order valence-electron chi connectivity index (χ2n) is 2.10. The summed E-state index contributed by atoms with van der Waals surface area (Å²) in [5, 5.41) is 8.65. The summed E-state index contributed by atoms with van der Waals surface area (Å²) in [6.45, 7) is 0. The maximum absolute atomic E-state index is 9.62. The van der Waals surface area contributed by atoms with Crippen molar-refractivity contribution in [2.45, 2.75) is 3.79 Å². The van der Waals surface area contributed by atoms with Crippen LogP contribution < -0.4 is 0 Å². The zero-order chi connectivity index (χ0) is 11.2. The molecule has 0 atom stereocenters. The molecule has 0 aromatic heterocycles. The van der Waals surface area contributed by atoms with Crippen molar-refractivity contribution in [3.05, 3.63) is 35.4 Å². The van der Waals surface area contributed by atoms with E-state index in [4.69, 9.17) is 51.5 Å². The molecule has 0 saturated heterocycles. The van der Waals surface area contributed by atoms with Crippen LogP contribution in [0, 0.1) is 0 Å². The highest BCUT2D eigenvalue weighted by atomic mass is 35.6. The Morgan fingerprint density at radius 2 is 1.50 bits per heavy atom. The average Bonchev–Trinajstić information content (AvgIpc) is 2.04. The van der Waals surface area contributed by atoms with Crippen molar-refractivity contribution >= 4 is 52.4 Å². The summed E-state index contributed by atoms with van der Waals surface area (Å²) >= 11 is 19.9. The number of carboxylic acid groups (broad SMARTS) is 1. The Morgan fingerprint density at radius 1 is 1.14 bits per heavy atom. The Hall–Kier alpha value is -0.150. The van der Waals surface area contributed by atoms with Crippen LogP contribution in [0.25, 0.3) is 0 Å². The van der Waals surface area contributed by atoms with E-state index in [0.717, 1.165) is 5.02 Å². The highest BCUT2D eigenvalue weighted by molar-refractivity contribution is 6.75. The molecule has 0 aliphatic carbocycles. The third kappa shape index (κ3) is 7.27. The van der Waals surface area contributed by atoms with E-state index in [2.05, 4.69) is 0 Å². The van der Waals surface area contributed by atoms with Gasteiger partial charge in [0, 0.05) is 5.02 Å². The largest absolute Gasteiger partial charge is 0.478 e. The van der Waals surface area contributed by atoms with E-state index >= 15 is 0 Å². The molecule has 14 heavy (non-hydrogen) atoms. The summed E-state index contributed by atoms with van der Waals surface area (Å²) in [7, 11) is 0. The maximum atomic E-state index is 9.62. The maximum Gasteiger partial charge on any atom is 0.356 e. The molecule has 1 aromatic rings. The zero-order valence-electron chi connectivity index (χ0n) is 6.75. The van der Waals surface area contributed by atoms with Crippen LogP contribution in [0.1, 0.15) is 0 Å². The first-order valence-electron chi connectivity index (χ1n) is 3.34. The van der Waals surface area contributed by atoms with E-state index in [1.54, 1.807) is 0 Å². The summed E-state index contributed by atoms with van der Waals surface area (Å²) in [6.07, 6.45) is 0. The predicted molar refractivity (Wildman–Crippen MR) is 59.4 cm³/mol. The lowest BCUT2D eigenvalue weighted by Crippen LogP contribution is -2.16. The van der Waals surface area contributed by atoms with Crippen molar-refractivity contribution in [2.75, 3.05) is 0 Å². The molecule has 0 aliphatic rings. The smallest absolute Gasteiger partial charge is 0.356 e. The number of carbonyl (C=O) groups is 1. The molecule has 0 spiro atoms. The highest BCUT2D eigenvalue weighted by Crippen LogP contribution is 2.25. The van der Waals surface area contributed by atoms with Crippen molar-refractivity contribution in [3.8, 4) is 0 Å². The topological polar surface area (TPSA) is 37.3 Å². The Morgan fingerprint density at radius 3 is 1.64 bits per heavy atom. The first-order chi connectivity index (χ1) is 6.34. The molecule has 0 unspecified atom stereocenters. The van der Waals surface area contributed by atoms with Gasteiger partial charge in [-0.3, -0.25) is 0 Å². The van der Waals surface area contributed by atoms with E-state index in [-0.39, 0.29) is 0 Å². The van der Waals surface area contributed by atoms with Crippen LogP contribution in [-0.4, -0.2) is 14.9 Å². The first-order valence-corrected chi connectivity index (χ1v) is 4.86. The van der Waals surface area contributed by atoms with Crippen LogP contribution in [0.2, 0.25) is 5.02 Å². The molecule has 1 N–H and O–H groups in total. The van der Waals surface area contributed by atoms with Gasteiger partial charge in [-0.25, -0.2) is 4.79 Å². The third-order valence-corrected chi connectivity index (χ3v) is 1.71. The molecule has 0 fully saturated rings. The quantitative estimate of drug-likeness (QED) is 0.732. The number of halogens is 4. The molecule has 1 aromatic carbocycles. The van der Waals surface area contributed by atoms with Crippen molar-refractivity contribution in [1.29, 1.82) is 0 Å². The summed E-state index contributed by atoms with van der Waals surface area (Å²) in [5.74, 6) is -1.46. The average molecular weight is 276 g/mol. The van der Waals surface area contributed by atoms with Gasteiger partial charge in [-0.15, -0.1) is 0 Å². The summed E-state index contributed by atoms with van der Waals surface area (Å²) in [4.78, 5) is 9.62. The van der Waals surface area contributed by atoms with Crippen LogP contribution in [0.3, 0.4) is 0 Å². The van der Waals surface area contributed by atoms with E-state index in [9.17, 15) is 4.79 Å². The van der Waals surface area contributed by atoms with Crippen LogP contribution in [-0.2, 0) is 4.79 Å². The van der Waals surface area contributed by atoms with Gasteiger partial charge in [-0.2, -0.15) is 0 Å². The van der Waals surface area contributed by atoms with E-state index in [0.29, 0.717) is 0 Å². The zero-order valence-corrected chi connectivity index (χ0v) is 9.78. The molecule has 0 saturated carbocycles. The predicted octanol–water partition coefficient (Wildman–Crippen LogP) is 3.78. The van der Waals surface area contributed by atoms with Crippen molar-refractivity contribution in [3.63, 3.8) is 0 Å². The number of benzene rings is 1. The molecule has 0 heterocycles. The number of carboxylic acids is 1. The minimum atomic E-state index is -2.17. The molecule has 78 valence electrons. The molecule has 0 bridgehead atoms. The van der Waals surface area contributed by atoms with Gasteiger partial charge in [-0.1, -0.05) is 64.6 Å². The number of rotatable bonds is 0. The van der Waals surface area contributed by atoms with Crippen molar-refractivity contribution in [2.24, 2.45) is 0 Å². The summed E-state index contributed by atoms with van der Waals surface area (Å²) in [5.41, 5.74) is 0. The number of aliphatic carboxylic acids is 1. The molecule has 0 aliphatic heterocycles. The Labute approximate surface area is 101 Å². The minimum Gasteiger partial charge on any atom is -0.478 e. The van der Waals surface area contributed by atoms with Gasteiger partial charge in [0.15, 0.2) is 0 Å². The Kier molecular flexibility index (Phi) is 6.29. The summed E-state index contributed by atoms with van der Waals surface area (Å²) < 4.78 is -2.17. The molecular weight excluding hydrogens is 270 g/mol. The molecule has 0 amide bonds. The van der Waals surface area contributed by atoms with Gasteiger partial charge in [0.05, 0.1) is 0 Å². The number of hydrogen-bond donors (Lipinski definition) is 1. The number of alkyl halides is 3. The van der Waals surface area contributed by atoms with Gasteiger partial charge in [-0.05, 0) is 12.1 Å². The van der Waals surface area contributed by atoms with Gasteiger partial charge < -0.3 is 5.11 Å². The van der Waals surface area contributed by atoms with Gasteiger partial charge in [0.25, 0.3) is 3.79 Å². The fraction of sp³-hybridized carbons (Fsp3) is 0.125. The second-order valence-corrected chi connectivity index (χ2v) is 4.82. The molecule has 2 nitrogen and oxygen atoms in total. The second kappa shape index (κ2) is 6.36. The van der Waals surface area contributed by atoms with Crippen LogP contribution >= 0.6 is 46.4 Å². The molecule has 6 heteroatoms. The van der Waals surface area contributed by atoms with E-state index < -0.39 is 9.76 Å². The van der Waals surface area contributed by atoms with E-state index in [1.165, 1.54) is 0 Å². The standard InChI is InChI=1S/C6H5Cl.C2HCl3O2/c7-6-4-2-1-3-5-6;3-2(4,5)1(6)7/h1-5H;(H,6,7). The number of hydrogen-bond acceptors (Lipinski definition) is 1. The highest BCUT2D eigenvalue weighted by Gasteiger charge is 2.29. The van der Waals surface area contributed by atoms with Crippen LogP contribution in [0.15, 0.2) is 30.3 Å². The SMILES string of the molecule is Clc1ccccc1.O=C(O)C(Cl)(Cl)Cl. The Balaban J connectivity index is 0.000000241. The van der Waals surface area contributed by atoms with Crippen molar-refractivity contribution in [1.82, 2.24) is 0 Å². The fourth-order valence-electron chi connectivity index (χ4n) is 0.415. The molecule has 1 rings (SSSR count). The lowest BCUT2D eigenvalue weighted by Gasteiger charge is -1.99. The fourth-order valence-corrected chi connectivity index (χ4v) is 0.560. The minimum absolute atomic E-state index is 0.794. The summed E-state index contributed by atoms with van der Waals surface area (Å²) in [6, 6.07) is 9.44. The Bertz CT molecular complexity index is 281.